The van der Waals surface area contributed by atoms with E-state index in [9.17, 15) is 4.79 Å². The summed E-state index contributed by atoms with van der Waals surface area (Å²) in [5.41, 5.74) is 3.73. The van der Waals surface area contributed by atoms with Gasteiger partial charge in [0.05, 0.1) is 25.7 Å². The minimum absolute atomic E-state index is 0.448. The molecule has 1 aliphatic rings. The molecule has 4 aromatic rings. The highest BCUT2D eigenvalue weighted by atomic mass is 16.5. The predicted octanol–water partition coefficient (Wildman–Crippen LogP) is 5.12. The summed E-state index contributed by atoms with van der Waals surface area (Å²) in [5, 5.41) is 0.778. The molecule has 0 spiro atoms. The summed E-state index contributed by atoms with van der Waals surface area (Å²) in [5.74, 6) is 2.67. The summed E-state index contributed by atoms with van der Waals surface area (Å²) in [6.45, 7) is 0. The van der Waals surface area contributed by atoms with Crippen molar-refractivity contribution in [1.82, 2.24) is 0 Å². The molecule has 2 heterocycles. The number of methoxy groups -OCH3 is 2. The minimum atomic E-state index is -0.448. The molecule has 0 aliphatic carbocycles. The van der Waals surface area contributed by atoms with Crippen LogP contribution < -0.4 is 19.8 Å². The van der Waals surface area contributed by atoms with Crippen LogP contribution >= 0.6 is 0 Å². The van der Waals surface area contributed by atoms with Crippen LogP contribution in [0, 0.1) is 0 Å². The molecule has 30 heavy (non-hydrogen) atoms. The molecule has 0 amide bonds. The first-order chi connectivity index (χ1) is 14.7. The van der Waals surface area contributed by atoms with Gasteiger partial charge in [0.15, 0.2) is 0 Å². The van der Waals surface area contributed by atoms with Gasteiger partial charge in [-0.3, -0.25) is 0 Å². The lowest BCUT2D eigenvalue weighted by atomic mass is 9.90. The lowest BCUT2D eigenvalue weighted by Gasteiger charge is -2.24. The topological polar surface area (TPSA) is 57.9 Å². The van der Waals surface area contributed by atoms with E-state index in [2.05, 4.69) is 0 Å². The average molecular weight is 398 g/mol. The van der Waals surface area contributed by atoms with Gasteiger partial charge in [0.1, 0.15) is 28.6 Å². The number of ether oxygens (including phenoxy) is 3. The van der Waals surface area contributed by atoms with Gasteiger partial charge in [-0.2, -0.15) is 0 Å². The maximum atomic E-state index is 12.1. The Labute approximate surface area is 172 Å². The molecule has 1 aromatic heterocycles. The van der Waals surface area contributed by atoms with Crippen LogP contribution in [0.5, 0.6) is 17.2 Å². The molecule has 0 radical (unpaired) electrons. The van der Waals surface area contributed by atoms with Crippen LogP contribution in [0.1, 0.15) is 16.7 Å². The van der Waals surface area contributed by atoms with E-state index >= 15 is 0 Å². The van der Waals surface area contributed by atoms with Gasteiger partial charge in [0, 0.05) is 16.7 Å². The largest absolute Gasteiger partial charge is 0.497 e. The molecule has 0 atom stereocenters. The number of rotatable bonds is 4. The molecule has 3 aromatic carbocycles. The fourth-order valence-corrected chi connectivity index (χ4v) is 3.75. The zero-order chi connectivity index (χ0) is 20.7. The zero-order valence-corrected chi connectivity index (χ0v) is 16.5. The molecule has 1 aliphatic heterocycles. The van der Waals surface area contributed by atoms with Gasteiger partial charge >= 0.3 is 5.63 Å². The third-order valence-corrected chi connectivity index (χ3v) is 5.17. The van der Waals surface area contributed by atoms with Crippen molar-refractivity contribution >= 4 is 22.3 Å². The molecule has 5 heteroatoms. The lowest BCUT2D eigenvalue weighted by molar-refractivity contribution is 0.414. The number of hydrogen-bond acceptors (Lipinski definition) is 5. The van der Waals surface area contributed by atoms with Crippen molar-refractivity contribution in [3.63, 3.8) is 0 Å². The fraction of sp³-hybridized carbons (Fsp3) is 0.0800. The van der Waals surface area contributed by atoms with Crippen molar-refractivity contribution in [3.8, 4) is 17.2 Å². The van der Waals surface area contributed by atoms with Crippen molar-refractivity contribution in [2.45, 2.75) is 0 Å². The third kappa shape index (κ3) is 2.92. The van der Waals surface area contributed by atoms with Gasteiger partial charge in [-0.25, -0.2) is 4.79 Å². The summed E-state index contributed by atoms with van der Waals surface area (Å²) >= 11 is 0. The van der Waals surface area contributed by atoms with Crippen LogP contribution in [0.4, 0.5) is 0 Å². The Balaban J connectivity index is 1.81. The van der Waals surface area contributed by atoms with Gasteiger partial charge in [0.2, 0.25) is 0 Å². The molecule has 0 fully saturated rings. The highest BCUT2D eigenvalue weighted by Crippen LogP contribution is 2.44. The van der Waals surface area contributed by atoms with Crippen LogP contribution in [0.2, 0.25) is 0 Å². The van der Waals surface area contributed by atoms with E-state index in [0.717, 1.165) is 39.1 Å². The van der Waals surface area contributed by atoms with E-state index in [1.807, 2.05) is 60.7 Å². The first-order valence-electron chi connectivity index (χ1n) is 9.46. The summed E-state index contributed by atoms with van der Waals surface area (Å²) in [6.07, 6.45) is 0. The maximum Gasteiger partial charge on any atom is 0.339 e. The molecule has 0 unspecified atom stereocenters. The third-order valence-electron chi connectivity index (χ3n) is 5.17. The van der Waals surface area contributed by atoms with Crippen molar-refractivity contribution < 1.29 is 18.6 Å². The monoisotopic (exact) mass is 398 g/mol. The van der Waals surface area contributed by atoms with Crippen LogP contribution in [0.3, 0.4) is 0 Å². The summed E-state index contributed by atoms with van der Waals surface area (Å²) < 4.78 is 22.3. The summed E-state index contributed by atoms with van der Waals surface area (Å²) in [4.78, 5) is 12.1. The Hall–Kier alpha value is -3.99. The fourth-order valence-electron chi connectivity index (χ4n) is 3.75. The Bertz CT molecular complexity index is 1330. The SMILES string of the molecule is COc1ccc(C2=C(c3ccc(OC)cc3)c3cccc4oc(=O)cc(c34)O2)cc1. The normalized spacial score (nSPS) is 12.6. The van der Waals surface area contributed by atoms with Crippen LogP contribution in [-0.2, 0) is 0 Å². The Morgan fingerprint density at radius 3 is 2.03 bits per heavy atom. The Morgan fingerprint density at radius 2 is 1.40 bits per heavy atom. The minimum Gasteiger partial charge on any atom is -0.497 e. The van der Waals surface area contributed by atoms with Crippen LogP contribution in [-0.4, -0.2) is 14.2 Å². The highest BCUT2D eigenvalue weighted by molar-refractivity contribution is 6.08. The van der Waals surface area contributed by atoms with Crippen molar-refractivity contribution in [2.75, 3.05) is 14.2 Å². The van der Waals surface area contributed by atoms with E-state index in [1.54, 1.807) is 20.3 Å². The molecule has 0 saturated heterocycles. The van der Waals surface area contributed by atoms with Gasteiger partial charge in [-0.15, -0.1) is 0 Å². The number of benzene rings is 3. The second-order valence-electron chi connectivity index (χ2n) is 6.87. The van der Waals surface area contributed by atoms with E-state index in [-0.39, 0.29) is 0 Å². The quantitative estimate of drug-likeness (QED) is 0.447. The molecular weight excluding hydrogens is 380 g/mol. The zero-order valence-electron chi connectivity index (χ0n) is 16.5. The molecule has 0 bridgehead atoms. The standard InChI is InChI=1S/C25H18O5/c1-27-17-10-6-15(7-11-17)23-19-4-3-5-20-24(19)21(14-22(26)29-20)30-25(23)16-8-12-18(28-2)13-9-16/h3-14H,1-2H3. The van der Waals surface area contributed by atoms with Gasteiger partial charge < -0.3 is 18.6 Å². The van der Waals surface area contributed by atoms with E-state index in [4.69, 9.17) is 18.6 Å². The number of hydrogen-bond donors (Lipinski definition) is 0. The molecule has 5 rings (SSSR count). The first kappa shape index (κ1) is 18.1. The predicted molar refractivity (Wildman–Crippen MR) is 115 cm³/mol. The van der Waals surface area contributed by atoms with Crippen LogP contribution in [0.15, 0.2) is 82.0 Å². The van der Waals surface area contributed by atoms with E-state index < -0.39 is 5.63 Å². The second kappa shape index (κ2) is 7.12. The van der Waals surface area contributed by atoms with Gasteiger partial charge in [-0.05, 0) is 48.0 Å². The van der Waals surface area contributed by atoms with E-state index in [0.29, 0.717) is 17.1 Å². The van der Waals surface area contributed by atoms with Gasteiger partial charge in [0.25, 0.3) is 0 Å². The summed E-state index contributed by atoms with van der Waals surface area (Å²) in [6, 6.07) is 22.5. The molecular formula is C25H18O5. The molecule has 5 nitrogen and oxygen atoms in total. The van der Waals surface area contributed by atoms with Gasteiger partial charge in [-0.1, -0.05) is 24.3 Å². The van der Waals surface area contributed by atoms with Crippen molar-refractivity contribution in [2.24, 2.45) is 0 Å². The smallest absolute Gasteiger partial charge is 0.339 e. The van der Waals surface area contributed by atoms with Crippen molar-refractivity contribution in [1.29, 1.82) is 0 Å². The summed E-state index contributed by atoms with van der Waals surface area (Å²) in [7, 11) is 3.27. The van der Waals surface area contributed by atoms with E-state index in [1.165, 1.54) is 6.07 Å². The molecule has 0 saturated carbocycles. The average Bonchev–Trinajstić information content (AvgIpc) is 2.79. The Kier molecular flexibility index (Phi) is 4.29. The maximum absolute atomic E-state index is 12.1. The molecule has 148 valence electrons. The van der Waals surface area contributed by atoms with Crippen LogP contribution in [0.25, 0.3) is 22.3 Å². The first-order valence-corrected chi connectivity index (χ1v) is 9.46. The van der Waals surface area contributed by atoms with Crippen molar-refractivity contribution in [3.05, 3.63) is 99.9 Å². The molecule has 0 N–H and O–H groups in total. The highest BCUT2D eigenvalue weighted by Gasteiger charge is 2.26. The second-order valence-corrected chi connectivity index (χ2v) is 6.87. The lowest BCUT2D eigenvalue weighted by Crippen LogP contribution is -2.10. The Morgan fingerprint density at radius 1 is 0.767 bits per heavy atom.